The van der Waals surface area contributed by atoms with E-state index in [1.54, 1.807) is 6.92 Å². The highest BCUT2D eigenvalue weighted by Crippen LogP contribution is 2.25. The number of rotatable bonds is 5. The van der Waals surface area contributed by atoms with Crippen molar-refractivity contribution in [3.63, 3.8) is 0 Å². The number of sulfonamides is 1. The maximum Gasteiger partial charge on any atom is 0.255 e. The van der Waals surface area contributed by atoms with Gasteiger partial charge in [-0.1, -0.05) is 6.42 Å². The van der Waals surface area contributed by atoms with Crippen LogP contribution in [0.25, 0.3) is 5.69 Å². The molecule has 1 atom stereocenters. The summed E-state index contributed by atoms with van der Waals surface area (Å²) < 4.78 is 42.9. The van der Waals surface area contributed by atoms with E-state index >= 15 is 0 Å². The van der Waals surface area contributed by atoms with Gasteiger partial charge < -0.3 is 5.32 Å². The number of nitrogens with zero attached hydrogens (tertiary/aromatic N) is 5. The van der Waals surface area contributed by atoms with Gasteiger partial charge in [0.1, 0.15) is 11.5 Å². The fraction of sp³-hybridized carbons (Fsp3) is 0.333. The first kappa shape index (κ1) is 22.0. The van der Waals surface area contributed by atoms with Gasteiger partial charge in [0, 0.05) is 23.8 Å². The predicted molar refractivity (Wildman–Crippen MR) is 115 cm³/mol. The molecule has 11 heteroatoms. The molecule has 1 saturated heterocycles. The first-order valence-electron chi connectivity index (χ1n) is 10.3. The lowest BCUT2D eigenvalue weighted by atomic mass is 10.1. The van der Waals surface area contributed by atoms with Crippen LogP contribution in [0.2, 0.25) is 0 Å². The number of carbonyl (C=O) groups is 1. The number of amides is 1. The molecule has 1 amide bonds. The minimum Gasteiger partial charge on any atom is -0.322 e. The van der Waals surface area contributed by atoms with Crippen molar-refractivity contribution in [3.8, 4) is 5.69 Å². The fourth-order valence-electron chi connectivity index (χ4n) is 3.75. The lowest BCUT2D eigenvalue weighted by Crippen LogP contribution is -2.41. The molecular formula is C21H23FN6O3S. The molecule has 0 saturated carbocycles. The van der Waals surface area contributed by atoms with Crippen molar-refractivity contribution in [2.24, 2.45) is 0 Å². The van der Waals surface area contributed by atoms with Gasteiger partial charge in [-0.2, -0.15) is 8.99 Å². The second kappa shape index (κ2) is 8.75. The third-order valence-electron chi connectivity index (χ3n) is 5.52. The number of tetrazole rings is 1. The summed E-state index contributed by atoms with van der Waals surface area (Å²) in [7, 11) is -3.61. The van der Waals surface area contributed by atoms with Gasteiger partial charge in [0.25, 0.3) is 5.91 Å². The van der Waals surface area contributed by atoms with Gasteiger partial charge in [-0.05, 0) is 79.6 Å². The SMILES string of the molecule is Cc1nnnn1-c1cc(NC(=O)c2ccc(S(=O)(=O)N3CCCCC3C)cc2)ccc1F. The van der Waals surface area contributed by atoms with Crippen molar-refractivity contribution in [1.29, 1.82) is 0 Å². The monoisotopic (exact) mass is 458 g/mol. The van der Waals surface area contributed by atoms with E-state index in [-0.39, 0.29) is 22.2 Å². The average molecular weight is 459 g/mol. The molecule has 1 fully saturated rings. The molecule has 9 nitrogen and oxygen atoms in total. The quantitative estimate of drug-likeness (QED) is 0.630. The number of aromatic nitrogens is 4. The zero-order chi connectivity index (χ0) is 22.9. The van der Waals surface area contributed by atoms with E-state index in [4.69, 9.17) is 0 Å². The Bertz CT molecular complexity index is 1240. The van der Waals surface area contributed by atoms with E-state index in [0.717, 1.165) is 19.3 Å². The van der Waals surface area contributed by atoms with E-state index in [1.165, 1.54) is 51.5 Å². The molecular weight excluding hydrogens is 435 g/mol. The summed E-state index contributed by atoms with van der Waals surface area (Å²) >= 11 is 0. The second-order valence-corrected chi connectivity index (χ2v) is 9.63. The first-order valence-corrected chi connectivity index (χ1v) is 11.7. The molecule has 3 aromatic rings. The van der Waals surface area contributed by atoms with Crippen LogP contribution in [0.15, 0.2) is 47.4 Å². The molecule has 32 heavy (non-hydrogen) atoms. The topological polar surface area (TPSA) is 110 Å². The van der Waals surface area contributed by atoms with Crippen LogP contribution in [0.4, 0.5) is 10.1 Å². The summed E-state index contributed by atoms with van der Waals surface area (Å²) in [5, 5.41) is 13.7. The predicted octanol–water partition coefficient (Wildman–Crippen LogP) is 2.93. The average Bonchev–Trinajstić information content (AvgIpc) is 3.21. The van der Waals surface area contributed by atoms with Crippen molar-refractivity contribution in [2.45, 2.75) is 44.0 Å². The van der Waals surface area contributed by atoms with Crippen LogP contribution in [0.1, 0.15) is 42.4 Å². The highest BCUT2D eigenvalue weighted by Gasteiger charge is 2.30. The highest BCUT2D eigenvalue weighted by atomic mass is 32.2. The van der Waals surface area contributed by atoms with Crippen molar-refractivity contribution in [3.05, 3.63) is 59.7 Å². The summed E-state index contributed by atoms with van der Waals surface area (Å²) in [6.45, 7) is 4.04. The Balaban J connectivity index is 1.52. The van der Waals surface area contributed by atoms with Gasteiger partial charge in [-0.15, -0.1) is 5.10 Å². The van der Waals surface area contributed by atoms with Crippen molar-refractivity contribution in [2.75, 3.05) is 11.9 Å². The molecule has 0 spiro atoms. The van der Waals surface area contributed by atoms with Crippen molar-refractivity contribution >= 4 is 21.6 Å². The number of benzene rings is 2. The van der Waals surface area contributed by atoms with Crippen molar-refractivity contribution in [1.82, 2.24) is 24.5 Å². The summed E-state index contributed by atoms with van der Waals surface area (Å²) in [5.41, 5.74) is 0.725. The van der Waals surface area contributed by atoms with Crippen LogP contribution < -0.4 is 5.32 Å². The largest absolute Gasteiger partial charge is 0.322 e. The van der Waals surface area contributed by atoms with Crippen LogP contribution in [-0.4, -0.2) is 51.4 Å². The zero-order valence-corrected chi connectivity index (χ0v) is 18.5. The van der Waals surface area contributed by atoms with Crippen LogP contribution >= 0.6 is 0 Å². The standard InChI is InChI=1S/C21H23FN6O3S/c1-14-5-3-4-12-27(14)32(30,31)18-9-6-16(7-10-18)21(29)23-17-8-11-19(22)20(13-17)28-15(2)24-25-26-28/h6-11,13-14H,3-5,12H2,1-2H3,(H,23,29). The zero-order valence-electron chi connectivity index (χ0n) is 17.7. The molecule has 168 valence electrons. The molecule has 0 bridgehead atoms. The van der Waals surface area contributed by atoms with Crippen LogP contribution in [0.5, 0.6) is 0 Å². The van der Waals surface area contributed by atoms with E-state index in [1.807, 2.05) is 6.92 Å². The highest BCUT2D eigenvalue weighted by molar-refractivity contribution is 7.89. The molecule has 1 N–H and O–H groups in total. The van der Waals surface area contributed by atoms with E-state index in [0.29, 0.717) is 18.1 Å². The molecule has 1 aromatic heterocycles. The minimum absolute atomic E-state index is 0.0479. The van der Waals surface area contributed by atoms with Gasteiger partial charge in [0.05, 0.1) is 4.90 Å². The number of carbonyl (C=O) groups excluding carboxylic acids is 1. The number of aryl methyl sites for hydroxylation is 1. The second-order valence-electron chi connectivity index (χ2n) is 7.74. The van der Waals surface area contributed by atoms with Gasteiger partial charge in [0.15, 0.2) is 5.82 Å². The lowest BCUT2D eigenvalue weighted by molar-refractivity contribution is 0.102. The van der Waals surface area contributed by atoms with E-state index in [2.05, 4.69) is 20.8 Å². The van der Waals surface area contributed by atoms with Gasteiger partial charge in [0.2, 0.25) is 10.0 Å². The lowest BCUT2D eigenvalue weighted by Gasteiger charge is -2.32. The molecule has 4 rings (SSSR count). The minimum atomic E-state index is -3.61. The normalized spacial score (nSPS) is 17.3. The molecule has 2 aromatic carbocycles. The van der Waals surface area contributed by atoms with Gasteiger partial charge in [-0.25, -0.2) is 12.8 Å². The number of piperidine rings is 1. The first-order chi connectivity index (χ1) is 15.3. The maximum atomic E-state index is 14.2. The molecule has 0 radical (unpaired) electrons. The van der Waals surface area contributed by atoms with E-state index < -0.39 is 21.7 Å². The van der Waals surface area contributed by atoms with Gasteiger partial charge in [-0.3, -0.25) is 4.79 Å². The fourth-order valence-corrected chi connectivity index (χ4v) is 5.45. The molecule has 1 unspecified atom stereocenters. The van der Waals surface area contributed by atoms with Crippen LogP contribution in [0, 0.1) is 12.7 Å². The Labute approximate surface area is 185 Å². The smallest absolute Gasteiger partial charge is 0.255 e. The molecule has 2 heterocycles. The van der Waals surface area contributed by atoms with E-state index in [9.17, 15) is 17.6 Å². The Morgan fingerprint density at radius 2 is 1.91 bits per heavy atom. The Hall–Kier alpha value is -3.18. The molecule has 1 aliphatic heterocycles. The Morgan fingerprint density at radius 3 is 2.56 bits per heavy atom. The summed E-state index contributed by atoms with van der Waals surface area (Å²) in [4.78, 5) is 12.8. The van der Waals surface area contributed by atoms with Gasteiger partial charge >= 0.3 is 0 Å². The Kier molecular flexibility index (Phi) is 6.02. The number of hydrogen-bond donors (Lipinski definition) is 1. The number of halogens is 1. The third kappa shape index (κ3) is 4.26. The van der Waals surface area contributed by atoms with Crippen LogP contribution in [0.3, 0.4) is 0 Å². The summed E-state index contributed by atoms with van der Waals surface area (Å²) in [5.74, 6) is -0.599. The summed E-state index contributed by atoms with van der Waals surface area (Å²) in [6, 6.07) is 9.81. The number of nitrogens with one attached hydrogen (secondary N) is 1. The Morgan fingerprint density at radius 1 is 1.16 bits per heavy atom. The van der Waals surface area contributed by atoms with Crippen molar-refractivity contribution < 1.29 is 17.6 Å². The number of anilines is 1. The third-order valence-corrected chi connectivity index (χ3v) is 7.55. The maximum absolute atomic E-state index is 14.2. The molecule has 1 aliphatic rings. The number of hydrogen-bond acceptors (Lipinski definition) is 6. The molecule has 0 aliphatic carbocycles. The summed E-state index contributed by atoms with van der Waals surface area (Å²) in [6.07, 6.45) is 2.70. The van der Waals surface area contributed by atoms with Crippen LogP contribution in [-0.2, 0) is 10.0 Å².